The molecule has 0 bridgehead atoms. The predicted molar refractivity (Wildman–Crippen MR) is 81.3 cm³/mol. The van der Waals surface area contributed by atoms with Crippen LogP contribution in [0.1, 0.15) is 38.7 Å². The number of rotatable bonds is 7. The number of benzene rings is 1. The topological polar surface area (TPSA) is 46.3 Å². The van der Waals surface area contributed by atoms with Crippen LogP contribution in [0.2, 0.25) is 0 Å². The monoisotopic (exact) mass is 262 g/mol. The molecular weight excluding hydrogens is 236 g/mol. The van der Waals surface area contributed by atoms with Gasteiger partial charge in [-0.1, -0.05) is 38.0 Å². The predicted octanol–water partition coefficient (Wildman–Crippen LogP) is 3.11. The van der Waals surface area contributed by atoms with E-state index in [0.29, 0.717) is 25.4 Å². The first kappa shape index (κ1) is 15.7. The average Bonchev–Trinajstić information content (AvgIpc) is 2.41. The van der Waals surface area contributed by atoms with Gasteiger partial charge in [-0.05, 0) is 37.9 Å². The van der Waals surface area contributed by atoms with Crippen molar-refractivity contribution in [2.75, 3.05) is 18.0 Å². The van der Waals surface area contributed by atoms with Crippen LogP contribution in [0.25, 0.3) is 0 Å². The number of hydrogen-bond donors (Lipinski definition) is 1. The third-order valence-electron chi connectivity index (χ3n) is 3.45. The van der Waals surface area contributed by atoms with Gasteiger partial charge in [0, 0.05) is 18.7 Å². The maximum atomic E-state index is 12.4. The molecule has 2 N–H and O–H groups in total. The summed E-state index contributed by atoms with van der Waals surface area (Å²) in [5.41, 5.74) is 7.75. The molecule has 0 aliphatic carbocycles. The molecule has 3 heteroatoms. The molecule has 1 amide bonds. The molecule has 1 atom stereocenters. The Morgan fingerprint density at radius 2 is 1.95 bits per heavy atom. The van der Waals surface area contributed by atoms with E-state index in [1.807, 2.05) is 29.2 Å². The molecular formula is C16H26N2O. The van der Waals surface area contributed by atoms with Crippen molar-refractivity contribution in [3.8, 4) is 0 Å². The normalized spacial score (nSPS) is 12.2. The number of anilines is 1. The molecule has 1 aromatic carbocycles. The second kappa shape index (κ2) is 7.95. The summed E-state index contributed by atoms with van der Waals surface area (Å²) in [5, 5.41) is 0. The standard InChI is InChI=1S/C16H26N2O/c1-4-13(2)12-16(19)18(11-5-10-17)15-8-6-14(3)7-9-15/h6-9,13H,4-5,10-12,17H2,1-3H3. The van der Waals surface area contributed by atoms with Gasteiger partial charge in [-0.25, -0.2) is 0 Å². The zero-order chi connectivity index (χ0) is 14.3. The molecule has 0 aromatic heterocycles. The minimum Gasteiger partial charge on any atom is -0.330 e. The number of aryl methyl sites for hydroxylation is 1. The van der Waals surface area contributed by atoms with Crippen LogP contribution in [-0.2, 0) is 4.79 Å². The van der Waals surface area contributed by atoms with Gasteiger partial charge in [-0.3, -0.25) is 4.79 Å². The van der Waals surface area contributed by atoms with Gasteiger partial charge in [0.05, 0.1) is 0 Å². The molecule has 0 radical (unpaired) electrons. The number of hydrogen-bond acceptors (Lipinski definition) is 2. The molecule has 19 heavy (non-hydrogen) atoms. The zero-order valence-corrected chi connectivity index (χ0v) is 12.4. The summed E-state index contributed by atoms with van der Waals surface area (Å²) in [6.45, 7) is 7.60. The highest BCUT2D eigenvalue weighted by Gasteiger charge is 2.17. The van der Waals surface area contributed by atoms with Gasteiger partial charge in [0.25, 0.3) is 0 Å². The van der Waals surface area contributed by atoms with E-state index in [1.54, 1.807) is 0 Å². The van der Waals surface area contributed by atoms with E-state index in [1.165, 1.54) is 5.56 Å². The Hall–Kier alpha value is -1.35. The van der Waals surface area contributed by atoms with Crippen molar-refractivity contribution in [3.63, 3.8) is 0 Å². The Kier molecular flexibility index (Phi) is 6.57. The maximum absolute atomic E-state index is 12.4. The van der Waals surface area contributed by atoms with Crippen LogP contribution in [0.4, 0.5) is 5.69 Å². The maximum Gasteiger partial charge on any atom is 0.227 e. The van der Waals surface area contributed by atoms with Crippen molar-refractivity contribution in [1.82, 2.24) is 0 Å². The largest absolute Gasteiger partial charge is 0.330 e. The van der Waals surface area contributed by atoms with Crippen molar-refractivity contribution in [1.29, 1.82) is 0 Å². The van der Waals surface area contributed by atoms with E-state index < -0.39 is 0 Å². The van der Waals surface area contributed by atoms with Gasteiger partial charge in [-0.15, -0.1) is 0 Å². The summed E-state index contributed by atoms with van der Waals surface area (Å²) in [6.07, 6.45) is 2.47. The molecule has 3 nitrogen and oxygen atoms in total. The number of nitrogens with two attached hydrogens (primary N) is 1. The summed E-state index contributed by atoms with van der Waals surface area (Å²) < 4.78 is 0. The Morgan fingerprint density at radius 3 is 2.47 bits per heavy atom. The molecule has 0 saturated heterocycles. The van der Waals surface area contributed by atoms with Gasteiger partial charge in [-0.2, -0.15) is 0 Å². The number of carbonyl (C=O) groups excluding carboxylic acids is 1. The highest BCUT2D eigenvalue weighted by molar-refractivity contribution is 5.93. The quantitative estimate of drug-likeness (QED) is 0.820. The fourth-order valence-electron chi connectivity index (χ4n) is 1.92. The van der Waals surface area contributed by atoms with E-state index in [2.05, 4.69) is 20.8 Å². The van der Waals surface area contributed by atoms with Crippen molar-refractivity contribution in [2.24, 2.45) is 11.7 Å². The molecule has 0 fully saturated rings. The lowest BCUT2D eigenvalue weighted by Crippen LogP contribution is -2.33. The lowest BCUT2D eigenvalue weighted by molar-refractivity contribution is -0.119. The molecule has 0 aliphatic rings. The van der Waals surface area contributed by atoms with Crippen molar-refractivity contribution in [2.45, 2.75) is 40.0 Å². The lowest BCUT2D eigenvalue weighted by atomic mass is 10.0. The van der Waals surface area contributed by atoms with Crippen molar-refractivity contribution >= 4 is 11.6 Å². The average molecular weight is 262 g/mol. The third kappa shape index (κ3) is 5.03. The first-order valence-corrected chi connectivity index (χ1v) is 7.15. The van der Waals surface area contributed by atoms with Crippen LogP contribution in [0.15, 0.2) is 24.3 Å². The van der Waals surface area contributed by atoms with Gasteiger partial charge >= 0.3 is 0 Å². The number of carbonyl (C=O) groups is 1. The van der Waals surface area contributed by atoms with E-state index in [0.717, 1.165) is 18.5 Å². The molecule has 0 saturated carbocycles. The van der Waals surface area contributed by atoms with Crippen LogP contribution >= 0.6 is 0 Å². The molecule has 0 heterocycles. The van der Waals surface area contributed by atoms with Crippen LogP contribution in [0.3, 0.4) is 0 Å². The van der Waals surface area contributed by atoms with Crippen molar-refractivity contribution in [3.05, 3.63) is 29.8 Å². The smallest absolute Gasteiger partial charge is 0.227 e. The molecule has 1 rings (SSSR count). The van der Waals surface area contributed by atoms with Gasteiger partial charge in [0.15, 0.2) is 0 Å². The highest BCUT2D eigenvalue weighted by atomic mass is 16.2. The molecule has 106 valence electrons. The van der Waals surface area contributed by atoms with E-state index in [-0.39, 0.29) is 5.91 Å². The van der Waals surface area contributed by atoms with Gasteiger partial charge < -0.3 is 10.6 Å². The first-order valence-electron chi connectivity index (χ1n) is 7.15. The first-order chi connectivity index (χ1) is 9.08. The summed E-state index contributed by atoms with van der Waals surface area (Å²) >= 11 is 0. The van der Waals surface area contributed by atoms with Crippen LogP contribution < -0.4 is 10.6 Å². The minimum absolute atomic E-state index is 0.201. The highest BCUT2D eigenvalue weighted by Crippen LogP contribution is 2.19. The van der Waals surface area contributed by atoms with E-state index in [4.69, 9.17) is 5.73 Å². The summed E-state index contributed by atoms with van der Waals surface area (Å²) in [4.78, 5) is 14.3. The second-order valence-electron chi connectivity index (χ2n) is 5.24. The number of nitrogens with zero attached hydrogens (tertiary/aromatic N) is 1. The Bertz CT molecular complexity index is 386. The fourth-order valence-corrected chi connectivity index (χ4v) is 1.92. The molecule has 0 spiro atoms. The Labute approximate surface area is 116 Å². The summed E-state index contributed by atoms with van der Waals surface area (Å²) in [5.74, 6) is 0.630. The zero-order valence-electron chi connectivity index (χ0n) is 12.4. The van der Waals surface area contributed by atoms with E-state index in [9.17, 15) is 4.79 Å². The Morgan fingerprint density at radius 1 is 1.32 bits per heavy atom. The van der Waals surface area contributed by atoms with Crippen LogP contribution in [-0.4, -0.2) is 19.0 Å². The minimum atomic E-state index is 0.201. The molecule has 0 aliphatic heterocycles. The SMILES string of the molecule is CCC(C)CC(=O)N(CCCN)c1ccc(C)cc1. The number of amides is 1. The van der Waals surface area contributed by atoms with Crippen molar-refractivity contribution < 1.29 is 4.79 Å². The summed E-state index contributed by atoms with van der Waals surface area (Å²) in [7, 11) is 0. The second-order valence-corrected chi connectivity index (χ2v) is 5.24. The van der Waals surface area contributed by atoms with Gasteiger partial charge in [0.1, 0.15) is 0 Å². The lowest BCUT2D eigenvalue weighted by Gasteiger charge is -2.24. The van der Waals surface area contributed by atoms with Crippen LogP contribution in [0.5, 0.6) is 0 Å². The Balaban J connectivity index is 2.81. The van der Waals surface area contributed by atoms with Gasteiger partial charge in [0.2, 0.25) is 5.91 Å². The molecule has 1 unspecified atom stereocenters. The fraction of sp³-hybridized carbons (Fsp3) is 0.562. The van der Waals surface area contributed by atoms with E-state index >= 15 is 0 Å². The third-order valence-corrected chi connectivity index (χ3v) is 3.45. The van der Waals surface area contributed by atoms with Crippen LogP contribution in [0, 0.1) is 12.8 Å². The molecule has 1 aromatic rings. The summed E-state index contributed by atoms with van der Waals surface area (Å²) in [6, 6.07) is 8.11.